The first-order valence-electron chi connectivity index (χ1n) is 8.50. The molecule has 0 aromatic carbocycles. The smallest absolute Gasteiger partial charge is 0.317 e. The van der Waals surface area contributed by atoms with Gasteiger partial charge in [0, 0.05) is 38.4 Å². The molecule has 3 aliphatic rings. The maximum absolute atomic E-state index is 12.5. The summed E-state index contributed by atoms with van der Waals surface area (Å²) in [5.74, 6) is 1.61. The van der Waals surface area contributed by atoms with E-state index in [-0.39, 0.29) is 6.03 Å². The van der Waals surface area contributed by atoms with Gasteiger partial charge in [-0.3, -0.25) is 4.98 Å². The van der Waals surface area contributed by atoms with E-state index in [1.807, 2.05) is 17.2 Å². The fraction of sp³-hybridized carbons (Fsp3) is 0.647. The molecular formula is C17H24N4O. The summed E-state index contributed by atoms with van der Waals surface area (Å²) in [6, 6.07) is 4.62. The normalized spacial score (nSPS) is 30.6. The molecule has 2 amide bonds. The molecule has 1 aliphatic heterocycles. The third-order valence-corrected chi connectivity index (χ3v) is 5.62. The quantitative estimate of drug-likeness (QED) is 0.910. The number of urea groups is 1. The van der Waals surface area contributed by atoms with Gasteiger partial charge in [-0.1, -0.05) is 6.42 Å². The van der Waals surface area contributed by atoms with Gasteiger partial charge in [-0.2, -0.15) is 0 Å². The van der Waals surface area contributed by atoms with Crippen molar-refractivity contribution in [1.29, 1.82) is 0 Å². The summed E-state index contributed by atoms with van der Waals surface area (Å²) in [5, 5.41) is 3.29. The molecule has 2 heterocycles. The molecule has 1 saturated heterocycles. The second-order valence-corrected chi connectivity index (χ2v) is 6.92. The number of piperazine rings is 1. The summed E-state index contributed by atoms with van der Waals surface area (Å²) in [4.78, 5) is 20.9. The summed E-state index contributed by atoms with van der Waals surface area (Å²) in [6.45, 7) is 3.36. The molecule has 22 heavy (non-hydrogen) atoms. The Balaban J connectivity index is 1.29. The number of carbonyl (C=O) groups is 1. The highest BCUT2D eigenvalue weighted by Gasteiger charge is 2.40. The van der Waals surface area contributed by atoms with Crippen LogP contribution in [0.1, 0.15) is 25.7 Å². The minimum atomic E-state index is 0.142. The van der Waals surface area contributed by atoms with Crippen LogP contribution in [0.2, 0.25) is 0 Å². The van der Waals surface area contributed by atoms with Crippen molar-refractivity contribution in [3.05, 3.63) is 24.5 Å². The van der Waals surface area contributed by atoms with Crippen LogP contribution in [0.3, 0.4) is 0 Å². The van der Waals surface area contributed by atoms with E-state index in [2.05, 4.69) is 21.3 Å². The Kier molecular flexibility index (Phi) is 3.64. The van der Waals surface area contributed by atoms with Gasteiger partial charge in [0.25, 0.3) is 0 Å². The van der Waals surface area contributed by atoms with Gasteiger partial charge in [-0.15, -0.1) is 0 Å². The Morgan fingerprint density at radius 1 is 1.18 bits per heavy atom. The fourth-order valence-corrected chi connectivity index (χ4v) is 4.38. The predicted octanol–water partition coefficient (Wildman–Crippen LogP) is 2.10. The van der Waals surface area contributed by atoms with Crippen molar-refractivity contribution >= 4 is 11.7 Å². The van der Waals surface area contributed by atoms with Crippen LogP contribution in [0.5, 0.6) is 0 Å². The third-order valence-electron chi connectivity index (χ3n) is 5.62. The second-order valence-electron chi connectivity index (χ2n) is 6.92. The van der Waals surface area contributed by atoms with Crippen LogP contribution in [0, 0.1) is 11.8 Å². The van der Waals surface area contributed by atoms with E-state index in [0.717, 1.165) is 43.7 Å². The number of fused-ring (bicyclic) bond motifs is 2. The Bertz CT molecular complexity index is 527. The Morgan fingerprint density at radius 3 is 2.68 bits per heavy atom. The third kappa shape index (κ3) is 2.64. The lowest BCUT2D eigenvalue weighted by atomic mass is 9.95. The Labute approximate surface area is 131 Å². The molecule has 2 saturated carbocycles. The van der Waals surface area contributed by atoms with Crippen LogP contribution in [-0.2, 0) is 0 Å². The Morgan fingerprint density at radius 2 is 2.05 bits per heavy atom. The summed E-state index contributed by atoms with van der Waals surface area (Å²) in [6.07, 6.45) is 8.91. The highest BCUT2D eigenvalue weighted by Crippen LogP contribution is 2.44. The molecule has 1 aromatic heterocycles. The number of hydrogen-bond acceptors (Lipinski definition) is 3. The van der Waals surface area contributed by atoms with E-state index >= 15 is 0 Å². The summed E-state index contributed by atoms with van der Waals surface area (Å²) in [5.41, 5.74) is 1.15. The van der Waals surface area contributed by atoms with Crippen LogP contribution in [0.15, 0.2) is 24.5 Å². The van der Waals surface area contributed by atoms with Gasteiger partial charge in [0.15, 0.2) is 0 Å². The molecule has 118 valence electrons. The number of hydrogen-bond donors (Lipinski definition) is 1. The fourth-order valence-electron chi connectivity index (χ4n) is 4.38. The first-order chi connectivity index (χ1) is 10.8. The topological polar surface area (TPSA) is 48.5 Å². The van der Waals surface area contributed by atoms with E-state index < -0.39 is 0 Å². The molecule has 4 rings (SSSR count). The number of rotatable bonds is 2. The number of carbonyl (C=O) groups excluding carboxylic acids is 1. The van der Waals surface area contributed by atoms with Crippen LogP contribution in [0.4, 0.5) is 10.5 Å². The highest BCUT2D eigenvalue weighted by atomic mass is 16.2. The zero-order chi connectivity index (χ0) is 14.9. The average molecular weight is 300 g/mol. The van der Waals surface area contributed by atoms with Crippen molar-refractivity contribution in [3.8, 4) is 0 Å². The van der Waals surface area contributed by atoms with E-state index in [1.165, 1.54) is 25.7 Å². The number of aromatic nitrogens is 1. The minimum absolute atomic E-state index is 0.142. The summed E-state index contributed by atoms with van der Waals surface area (Å²) < 4.78 is 0. The van der Waals surface area contributed by atoms with Crippen LogP contribution >= 0.6 is 0 Å². The van der Waals surface area contributed by atoms with Crippen molar-refractivity contribution in [1.82, 2.24) is 15.2 Å². The molecule has 1 aromatic rings. The van der Waals surface area contributed by atoms with Crippen molar-refractivity contribution in [2.75, 3.05) is 31.1 Å². The minimum Gasteiger partial charge on any atom is -0.367 e. The predicted molar refractivity (Wildman–Crippen MR) is 85.8 cm³/mol. The number of nitrogens with zero attached hydrogens (tertiary/aromatic N) is 3. The standard InChI is InChI=1S/C17H24N4O/c22-17(19-16-11-13-3-4-14(16)10-13)21-8-6-20(7-9-21)15-2-1-5-18-12-15/h1-2,5,12-14,16H,3-4,6-11H2,(H,19,22)/t13-,14+,16+/m0/s1. The number of anilines is 1. The number of nitrogens with one attached hydrogen (secondary N) is 1. The molecule has 0 unspecified atom stereocenters. The first-order valence-corrected chi connectivity index (χ1v) is 8.50. The largest absolute Gasteiger partial charge is 0.367 e. The van der Waals surface area contributed by atoms with Gasteiger partial charge >= 0.3 is 6.03 Å². The molecule has 0 radical (unpaired) electrons. The van der Waals surface area contributed by atoms with E-state index in [1.54, 1.807) is 6.20 Å². The molecule has 3 fully saturated rings. The molecule has 2 bridgehead atoms. The van der Waals surface area contributed by atoms with Gasteiger partial charge in [0.2, 0.25) is 0 Å². The molecule has 0 spiro atoms. The lowest BCUT2D eigenvalue weighted by Crippen LogP contribution is -2.54. The lowest BCUT2D eigenvalue weighted by molar-refractivity contribution is 0.185. The van der Waals surface area contributed by atoms with Crippen molar-refractivity contribution < 1.29 is 4.79 Å². The SMILES string of the molecule is O=C(N[C@@H]1C[C@H]2CC[C@@H]1C2)N1CCN(c2cccnc2)CC1. The second kappa shape index (κ2) is 5.78. The molecular weight excluding hydrogens is 276 g/mol. The van der Waals surface area contributed by atoms with E-state index in [9.17, 15) is 4.79 Å². The monoisotopic (exact) mass is 300 g/mol. The van der Waals surface area contributed by atoms with Crippen molar-refractivity contribution in [3.63, 3.8) is 0 Å². The van der Waals surface area contributed by atoms with Gasteiger partial charge in [0.1, 0.15) is 0 Å². The van der Waals surface area contributed by atoms with E-state index in [0.29, 0.717) is 6.04 Å². The van der Waals surface area contributed by atoms with Gasteiger partial charge in [-0.25, -0.2) is 4.79 Å². The zero-order valence-corrected chi connectivity index (χ0v) is 12.9. The maximum Gasteiger partial charge on any atom is 0.317 e. The van der Waals surface area contributed by atoms with Crippen LogP contribution in [-0.4, -0.2) is 48.1 Å². The molecule has 5 nitrogen and oxygen atoms in total. The summed E-state index contributed by atoms with van der Waals surface area (Å²) in [7, 11) is 0. The molecule has 1 N–H and O–H groups in total. The molecule has 3 atom stereocenters. The number of pyridine rings is 1. The number of amides is 2. The highest BCUT2D eigenvalue weighted by molar-refractivity contribution is 5.75. The van der Waals surface area contributed by atoms with Gasteiger partial charge < -0.3 is 15.1 Å². The molecule has 2 aliphatic carbocycles. The first kappa shape index (κ1) is 13.9. The Hall–Kier alpha value is -1.78. The zero-order valence-electron chi connectivity index (χ0n) is 12.9. The van der Waals surface area contributed by atoms with Crippen molar-refractivity contribution in [2.24, 2.45) is 11.8 Å². The lowest BCUT2D eigenvalue weighted by Gasteiger charge is -2.37. The average Bonchev–Trinajstić information content (AvgIpc) is 3.19. The van der Waals surface area contributed by atoms with Crippen LogP contribution in [0.25, 0.3) is 0 Å². The molecule has 5 heteroatoms. The van der Waals surface area contributed by atoms with Crippen LogP contribution < -0.4 is 10.2 Å². The van der Waals surface area contributed by atoms with Crippen molar-refractivity contribution in [2.45, 2.75) is 31.7 Å². The maximum atomic E-state index is 12.5. The summed E-state index contributed by atoms with van der Waals surface area (Å²) >= 11 is 0. The van der Waals surface area contributed by atoms with Gasteiger partial charge in [-0.05, 0) is 43.2 Å². The van der Waals surface area contributed by atoms with E-state index in [4.69, 9.17) is 0 Å². The van der Waals surface area contributed by atoms with Gasteiger partial charge in [0.05, 0.1) is 11.9 Å².